The first kappa shape index (κ1) is 32.8. The molecule has 0 fully saturated rings. The fraction of sp³-hybridized carbons (Fsp3) is 0.250. The second kappa shape index (κ2) is 16.0. The Balaban J connectivity index is 1.50. The maximum Gasteiger partial charge on any atom is 0.211 e. The molecular formula is C28H23Cl5FNO6. The van der Waals surface area contributed by atoms with Crippen LogP contribution in [0.25, 0.3) is 0 Å². The first-order chi connectivity index (χ1) is 19.5. The van der Waals surface area contributed by atoms with Crippen molar-refractivity contribution in [3.05, 3.63) is 107 Å². The Kier molecular flexibility index (Phi) is 12.8. The minimum absolute atomic E-state index is 0.0365. The predicted molar refractivity (Wildman–Crippen MR) is 159 cm³/mol. The zero-order valence-corrected chi connectivity index (χ0v) is 25.0. The van der Waals surface area contributed by atoms with Gasteiger partial charge in [0.15, 0.2) is 11.5 Å². The lowest BCUT2D eigenvalue weighted by Gasteiger charge is -2.15. The normalized spacial score (nSPS) is 11.5. The Hall–Kier alpha value is -2.75. The van der Waals surface area contributed by atoms with E-state index in [0.717, 1.165) is 6.07 Å². The van der Waals surface area contributed by atoms with Crippen molar-refractivity contribution in [2.24, 2.45) is 0 Å². The van der Waals surface area contributed by atoms with Gasteiger partial charge >= 0.3 is 0 Å². The highest BCUT2D eigenvalue weighted by atomic mass is 35.5. The number of ketones is 1. The van der Waals surface area contributed by atoms with Gasteiger partial charge in [0.05, 0.1) is 29.2 Å². The molecule has 1 unspecified atom stereocenters. The molecule has 0 aromatic heterocycles. The molecular weight excluding hydrogens is 643 g/mol. The van der Waals surface area contributed by atoms with Crippen LogP contribution in [0.1, 0.15) is 34.7 Å². The van der Waals surface area contributed by atoms with Gasteiger partial charge in [-0.15, -0.1) is 0 Å². The van der Waals surface area contributed by atoms with E-state index in [9.17, 15) is 19.3 Å². The lowest BCUT2D eigenvalue weighted by atomic mass is 9.91. The van der Waals surface area contributed by atoms with Crippen molar-refractivity contribution in [2.75, 3.05) is 26.4 Å². The van der Waals surface area contributed by atoms with E-state index in [4.69, 9.17) is 72.2 Å². The summed E-state index contributed by atoms with van der Waals surface area (Å²) in [6, 6.07) is 13.4. The quantitative estimate of drug-likeness (QED) is 0.0697. The monoisotopic (exact) mass is 663 g/mol. The van der Waals surface area contributed by atoms with Gasteiger partial charge in [-0.1, -0.05) is 64.1 Å². The fourth-order valence-corrected chi connectivity index (χ4v) is 4.82. The number of carbonyl (C=O) groups excluding carboxylic acids is 1. The summed E-state index contributed by atoms with van der Waals surface area (Å²) in [4.78, 5) is 23.4. The van der Waals surface area contributed by atoms with Crippen molar-refractivity contribution in [3.8, 4) is 17.2 Å². The molecule has 1 atom stereocenters. The first-order valence-electron chi connectivity index (χ1n) is 12.1. The average molecular weight is 666 g/mol. The second-order valence-corrected chi connectivity index (χ2v) is 10.8. The summed E-state index contributed by atoms with van der Waals surface area (Å²) in [7, 11) is 0. The van der Waals surface area contributed by atoms with Crippen molar-refractivity contribution in [2.45, 2.75) is 18.8 Å². The Bertz CT molecular complexity index is 1360. The van der Waals surface area contributed by atoms with E-state index in [-0.39, 0.29) is 50.5 Å². The van der Waals surface area contributed by atoms with Crippen LogP contribution in [0.2, 0.25) is 15.1 Å². The van der Waals surface area contributed by atoms with Crippen LogP contribution in [-0.4, -0.2) is 37.1 Å². The molecule has 3 rings (SSSR count). The summed E-state index contributed by atoms with van der Waals surface area (Å²) in [5.74, 6) is -0.860. The highest BCUT2D eigenvalue weighted by Crippen LogP contribution is 2.37. The predicted octanol–water partition coefficient (Wildman–Crippen LogP) is 8.96. The number of benzene rings is 3. The van der Waals surface area contributed by atoms with Crippen LogP contribution in [0.3, 0.4) is 0 Å². The summed E-state index contributed by atoms with van der Waals surface area (Å²) in [5, 5.41) is 11.7. The van der Waals surface area contributed by atoms with Gasteiger partial charge in [0.2, 0.25) is 6.54 Å². The van der Waals surface area contributed by atoms with Gasteiger partial charge in [-0.25, -0.2) is 4.39 Å². The van der Waals surface area contributed by atoms with Crippen LogP contribution >= 0.6 is 58.0 Å². The molecule has 0 N–H and O–H groups in total. The van der Waals surface area contributed by atoms with E-state index in [1.54, 1.807) is 36.4 Å². The Morgan fingerprint density at radius 1 is 0.927 bits per heavy atom. The molecule has 0 heterocycles. The highest BCUT2D eigenvalue weighted by molar-refractivity contribution is 6.55. The van der Waals surface area contributed by atoms with Crippen LogP contribution in [0.4, 0.5) is 4.39 Å². The third-order valence-electron chi connectivity index (χ3n) is 5.65. The molecule has 3 aromatic carbocycles. The molecule has 0 saturated carbocycles. The van der Waals surface area contributed by atoms with Crippen LogP contribution < -0.4 is 14.2 Å². The molecule has 7 nitrogen and oxygen atoms in total. The molecule has 0 aliphatic carbocycles. The van der Waals surface area contributed by atoms with Crippen molar-refractivity contribution in [1.29, 1.82) is 0 Å². The van der Waals surface area contributed by atoms with Crippen molar-refractivity contribution in [3.63, 3.8) is 0 Å². The summed E-state index contributed by atoms with van der Waals surface area (Å²) >= 11 is 29.7. The summed E-state index contributed by atoms with van der Waals surface area (Å²) < 4.78 is 31.3. The summed E-state index contributed by atoms with van der Waals surface area (Å²) in [5.41, 5.74) is 0.262. The van der Waals surface area contributed by atoms with Gasteiger partial charge in [0, 0.05) is 46.0 Å². The molecule has 0 aliphatic heterocycles. The van der Waals surface area contributed by atoms with Crippen LogP contribution in [-0.2, 0) is 0 Å². The number of nitro groups is 1. The summed E-state index contributed by atoms with van der Waals surface area (Å²) in [6.45, 7) is 0.0704. The summed E-state index contributed by atoms with van der Waals surface area (Å²) in [6.07, 6.45) is 1.69. The smallest absolute Gasteiger partial charge is 0.211 e. The molecule has 0 spiro atoms. The number of hydrogen-bond donors (Lipinski definition) is 0. The average Bonchev–Trinajstić information content (AvgIpc) is 2.89. The Labute approximate surface area is 260 Å². The largest absolute Gasteiger partial charge is 0.493 e. The fourth-order valence-electron chi connectivity index (χ4n) is 3.80. The molecule has 41 heavy (non-hydrogen) atoms. The maximum atomic E-state index is 14.4. The minimum atomic E-state index is -1.01. The number of nitrogens with zero attached hydrogens (tertiary/aromatic N) is 1. The van der Waals surface area contributed by atoms with E-state index in [1.807, 2.05) is 0 Å². The molecule has 0 bridgehead atoms. The van der Waals surface area contributed by atoms with E-state index in [2.05, 4.69) is 0 Å². The van der Waals surface area contributed by atoms with Crippen molar-refractivity contribution >= 4 is 63.8 Å². The molecule has 0 radical (unpaired) electrons. The number of carbonyl (C=O) groups is 1. The van der Waals surface area contributed by atoms with Gasteiger partial charge in [-0.2, -0.15) is 0 Å². The van der Waals surface area contributed by atoms with Crippen LogP contribution in [0, 0.1) is 15.9 Å². The molecule has 13 heteroatoms. The third kappa shape index (κ3) is 10.2. The first-order valence-corrected chi connectivity index (χ1v) is 14.0. The number of hydrogen-bond acceptors (Lipinski definition) is 6. The standard InChI is InChI=1S/C28H23Cl5FNO6/c29-21-3-1-4-24(34)27(21)18(16-35(37)38)13-25(36)17-5-7-19(8-6-17)39-10-2-11-41-28-22(30)14-20(15-23(28)31)40-12-9-26(32)33/h1,3-9,14-15,18H,2,10-13,16H2. The van der Waals surface area contributed by atoms with E-state index >= 15 is 0 Å². The maximum absolute atomic E-state index is 14.4. The number of Topliss-reactive ketones (excluding diaryl/α,β-unsaturated/α-hetero) is 1. The Morgan fingerprint density at radius 2 is 1.59 bits per heavy atom. The number of rotatable bonds is 15. The highest BCUT2D eigenvalue weighted by Gasteiger charge is 2.27. The molecule has 218 valence electrons. The van der Waals surface area contributed by atoms with E-state index in [0.29, 0.717) is 35.8 Å². The van der Waals surface area contributed by atoms with Gasteiger partial charge in [0.25, 0.3) is 0 Å². The zero-order chi connectivity index (χ0) is 29.9. The van der Waals surface area contributed by atoms with Gasteiger partial charge < -0.3 is 14.2 Å². The van der Waals surface area contributed by atoms with Crippen LogP contribution in [0.5, 0.6) is 17.2 Å². The lowest BCUT2D eigenvalue weighted by molar-refractivity contribution is -0.483. The molecule has 0 saturated heterocycles. The number of ether oxygens (including phenoxy) is 3. The van der Waals surface area contributed by atoms with Crippen molar-refractivity contribution in [1.82, 2.24) is 0 Å². The topological polar surface area (TPSA) is 87.9 Å². The third-order valence-corrected chi connectivity index (χ3v) is 6.85. The minimum Gasteiger partial charge on any atom is -0.493 e. The number of halogens is 6. The molecule has 0 aliphatic rings. The molecule has 0 amide bonds. The van der Waals surface area contributed by atoms with E-state index < -0.39 is 23.2 Å². The Morgan fingerprint density at radius 3 is 2.20 bits per heavy atom. The molecule has 3 aromatic rings. The van der Waals surface area contributed by atoms with E-state index in [1.165, 1.54) is 18.2 Å². The van der Waals surface area contributed by atoms with Gasteiger partial charge in [-0.3, -0.25) is 14.9 Å². The van der Waals surface area contributed by atoms with Gasteiger partial charge in [-0.05, 0) is 42.5 Å². The van der Waals surface area contributed by atoms with Gasteiger partial charge in [0.1, 0.15) is 28.4 Å². The lowest BCUT2D eigenvalue weighted by Crippen LogP contribution is -2.18. The van der Waals surface area contributed by atoms with Crippen LogP contribution in [0.15, 0.2) is 65.2 Å². The zero-order valence-electron chi connectivity index (χ0n) is 21.3. The van der Waals surface area contributed by atoms with Crippen molar-refractivity contribution < 1.29 is 28.3 Å². The SMILES string of the molecule is O=C(CC(C[N+](=O)[O-])c1c(F)cccc1Cl)c1ccc(OCCCOc2c(Cl)cc(OCC=C(Cl)Cl)cc2Cl)cc1. The second-order valence-electron chi connectivity index (χ2n) is 8.57.